The fraction of sp³-hybridized carbons (Fsp3) is 0.414. The Hall–Kier alpha value is -3.48. The molecule has 3 aromatic rings. The standard InChI is InChI=1S/C29H35FN4O2/c1-2-3-7-14-29(22-8-5-4-6-9-22)18-34(19-29)28(36)26(15-21-10-12-23(30)13-11-21)25(27(31)35)16-24-17-32-20-33-24/h4-6,8-13,17,20,25-26H,2-3,7,14-16,18-19H2,1H3,(H2,31,35)(H,32,33)/t25?,26-/m1/s1. The lowest BCUT2D eigenvalue weighted by atomic mass is 9.69. The number of amides is 2. The second-order valence-electron chi connectivity index (χ2n) is 10.0. The van der Waals surface area contributed by atoms with E-state index in [9.17, 15) is 14.0 Å². The Balaban J connectivity index is 1.58. The summed E-state index contributed by atoms with van der Waals surface area (Å²) in [5.74, 6) is -2.31. The highest BCUT2D eigenvalue weighted by Crippen LogP contribution is 2.41. The molecule has 190 valence electrons. The van der Waals surface area contributed by atoms with Gasteiger partial charge in [0.25, 0.3) is 0 Å². The molecule has 4 rings (SSSR count). The van der Waals surface area contributed by atoms with E-state index in [-0.39, 0.29) is 17.1 Å². The van der Waals surface area contributed by atoms with Crippen LogP contribution in [0.1, 0.15) is 49.4 Å². The molecule has 7 heteroatoms. The number of unbranched alkanes of at least 4 members (excludes halogenated alkanes) is 2. The molecule has 0 aliphatic carbocycles. The van der Waals surface area contributed by atoms with Crippen LogP contribution >= 0.6 is 0 Å². The monoisotopic (exact) mass is 490 g/mol. The van der Waals surface area contributed by atoms with Crippen molar-refractivity contribution in [3.63, 3.8) is 0 Å². The van der Waals surface area contributed by atoms with Gasteiger partial charge < -0.3 is 15.6 Å². The molecule has 1 unspecified atom stereocenters. The molecular formula is C29H35FN4O2. The maximum absolute atomic E-state index is 13.9. The van der Waals surface area contributed by atoms with Crippen molar-refractivity contribution in [3.05, 3.63) is 89.8 Å². The number of benzene rings is 2. The van der Waals surface area contributed by atoms with Crippen LogP contribution in [0.2, 0.25) is 0 Å². The Morgan fingerprint density at radius 1 is 1.06 bits per heavy atom. The minimum atomic E-state index is -0.713. The van der Waals surface area contributed by atoms with Crippen molar-refractivity contribution in [2.75, 3.05) is 13.1 Å². The number of nitrogens with zero attached hydrogens (tertiary/aromatic N) is 2. The zero-order valence-electron chi connectivity index (χ0n) is 20.8. The second kappa shape index (κ2) is 11.5. The number of carbonyl (C=O) groups is 2. The van der Waals surface area contributed by atoms with Gasteiger partial charge in [0.05, 0.1) is 18.2 Å². The van der Waals surface area contributed by atoms with Gasteiger partial charge in [0, 0.05) is 36.8 Å². The number of primary amides is 1. The summed E-state index contributed by atoms with van der Waals surface area (Å²) in [6, 6.07) is 16.5. The third-order valence-corrected chi connectivity index (χ3v) is 7.48. The number of rotatable bonds is 12. The molecule has 36 heavy (non-hydrogen) atoms. The first-order chi connectivity index (χ1) is 17.4. The SMILES string of the molecule is CCCCCC1(c2ccccc2)CN(C(=O)[C@H](Cc2ccc(F)cc2)C(Cc2cnc[nH]2)C(N)=O)C1. The highest BCUT2D eigenvalue weighted by Gasteiger charge is 2.48. The highest BCUT2D eigenvalue weighted by atomic mass is 19.1. The maximum atomic E-state index is 13.9. The van der Waals surface area contributed by atoms with Gasteiger partial charge >= 0.3 is 0 Å². The van der Waals surface area contributed by atoms with Crippen LogP contribution in [0, 0.1) is 17.7 Å². The van der Waals surface area contributed by atoms with Gasteiger partial charge in [-0.05, 0) is 36.1 Å². The highest BCUT2D eigenvalue weighted by molar-refractivity contribution is 5.88. The fourth-order valence-corrected chi connectivity index (χ4v) is 5.42. The molecule has 0 radical (unpaired) electrons. The Morgan fingerprint density at radius 2 is 1.78 bits per heavy atom. The molecule has 1 aliphatic rings. The number of aromatic nitrogens is 2. The summed E-state index contributed by atoms with van der Waals surface area (Å²) in [6.07, 6.45) is 8.22. The van der Waals surface area contributed by atoms with Crippen LogP contribution in [0.25, 0.3) is 0 Å². The van der Waals surface area contributed by atoms with Crippen molar-refractivity contribution in [2.24, 2.45) is 17.6 Å². The van der Waals surface area contributed by atoms with E-state index in [0.717, 1.165) is 36.9 Å². The number of imidazole rings is 1. The molecule has 2 aromatic carbocycles. The number of likely N-dealkylation sites (tertiary alicyclic amines) is 1. The van der Waals surface area contributed by atoms with E-state index < -0.39 is 17.7 Å². The second-order valence-corrected chi connectivity index (χ2v) is 10.0. The van der Waals surface area contributed by atoms with E-state index in [4.69, 9.17) is 5.73 Å². The minimum absolute atomic E-state index is 0.0713. The van der Waals surface area contributed by atoms with Crippen molar-refractivity contribution in [3.8, 4) is 0 Å². The van der Waals surface area contributed by atoms with Gasteiger partial charge in [-0.25, -0.2) is 9.37 Å². The van der Waals surface area contributed by atoms with Crippen molar-refractivity contribution >= 4 is 11.8 Å². The zero-order valence-corrected chi connectivity index (χ0v) is 20.8. The number of halogens is 1. The Labute approximate surface area is 212 Å². The number of aromatic amines is 1. The number of H-pyrrole nitrogens is 1. The van der Waals surface area contributed by atoms with Gasteiger partial charge in [0.2, 0.25) is 11.8 Å². The number of carbonyl (C=O) groups excluding carboxylic acids is 2. The van der Waals surface area contributed by atoms with Gasteiger partial charge in [-0.15, -0.1) is 0 Å². The molecule has 0 spiro atoms. The van der Waals surface area contributed by atoms with E-state index in [1.807, 2.05) is 23.1 Å². The molecule has 0 bridgehead atoms. The average molecular weight is 491 g/mol. The Morgan fingerprint density at radius 3 is 2.39 bits per heavy atom. The topological polar surface area (TPSA) is 92.1 Å². The zero-order chi connectivity index (χ0) is 25.5. The maximum Gasteiger partial charge on any atom is 0.226 e. The molecule has 1 fully saturated rings. The van der Waals surface area contributed by atoms with Gasteiger partial charge in [-0.1, -0.05) is 68.7 Å². The van der Waals surface area contributed by atoms with E-state index in [0.29, 0.717) is 25.9 Å². The smallest absolute Gasteiger partial charge is 0.226 e. The van der Waals surface area contributed by atoms with Gasteiger partial charge in [0.15, 0.2) is 0 Å². The summed E-state index contributed by atoms with van der Waals surface area (Å²) in [4.78, 5) is 35.5. The van der Waals surface area contributed by atoms with Crippen LogP contribution in [0.15, 0.2) is 67.1 Å². The molecule has 1 saturated heterocycles. The van der Waals surface area contributed by atoms with Crippen LogP contribution < -0.4 is 5.73 Å². The van der Waals surface area contributed by atoms with E-state index >= 15 is 0 Å². The summed E-state index contributed by atoms with van der Waals surface area (Å²) in [5, 5.41) is 0. The van der Waals surface area contributed by atoms with Crippen molar-refractivity contribution in [1.82, 2.24) is 14.9 Å². The van der Waals surface area contributed by atoms with Crippen LogP contribution in [-0.2, 0) is 27.8 Å². The third-order valence-electron chi connectivity index (χ3n) is 7.48. The summed E-state index contributed by atoms with van der Waals surface area (Å²) in [6.45, 7) is 3.43. The first-order valence-electron chi connectivity index (χ1n) is 12.8. The fourth-order valence-electron chi connectivity index (χ4n) is 5.42. The van der Waals surface area contributed by atoms with Crippen LogP contribution in [0.3, 0.4) is 0 Å². The molecule has 2 amide bonds. The van der Waals surface area contributed by atoms with Crippen molar-refractivity contribution < 1.29 is 14.0 Å². The third kappa shape index (κ3) is 5.83. The lowest BCUT2D eigenvalue weighted by Gasteiger charge is -2.52. The van der Waals surface area contributed by atoms with E-state index in [2.05, 4.69) is 29.0 Å². The first-order valence-corrected chi connectivity index (χ1v) is 12.8. The normalized spacial score (nSPS) is 16.2. The largest absolute Gasteiger partial charge is 0.369 e. The molecule has 6 nitrogen and oxygen atoms in total. The number of hydrogen-bond donors (Lipinski definition) is 2. The Kier molecular flexibility index (Phi) is 8.18. The summed E-state index contributed by atoms with van der Waals surface area (Å²) in [5.41, 5.74) is 8.58. The molecule has 3 N–H and O–H groups in total. The van der Waals surface area contributed by atoms with E-state index in [1.165, 1.54) is 17.7 Å². The number of nitrogens with two attached hydrogens (primary N) is 1. The molecule has 2 atom stereocenters. The molecule has 2 heterocycles. The average Bonchev–Trinajstić information content (AvgIpc) is 3.37. The van der Waals surface area contributed by atoms with Gasteiger partial charge in [-0.2, -0.15) is 0 Å². The number of hydrogen-bond acceptors (Lipinski definition) is 3. The lowest BCUT2D eigenvalue weighted by Crippen LogP contribution is -2.63. The predicted molar refractivity (Wildman–Crippen MR) is 137 cm³/mol. The summed E-state index contributed by atoms with van der Waals surface area (Å²) < 4.78 is 13.5. The molecular weight excluding hydrogens is 455 g/mol. The summed E-state index contributed by atoms with van der Waals surface area (Å²) in [7, 11) is 0. The quantitative estimate of drug-likeness (QED) is 0.368. The van der Waals surface area contributed by atoms with Crippen LogP contribution in [0.4, 0.5) is 4.39 Å². The number of nitrogens with one attached hydrogen (secondary N) is 1. The minimum Gasteiger partial charge on any atom is -0.369 e. The molecule has 0 saturated carbocycles. The van der Waals surface area contributed by atoms with Gasteiger partial charge in [-0.3, -0.25) is 9.59 Å². The molecule has 1 aliphatic heterocycles. The first kappa shape index (κ1) is 25.6. The van der Waals surface area contributed by atoms with Crippen LogP contribution in [0.5, 0.6) is 0 Å². The Bertz CT molecular complexity index is 1130. The van der Waals surface area contributed by atoms with Crippen molar-refractivity contribution in [1.29, 1.82) is 0 Å². The predicted octanol–water partition coefficient (Wildman–Crippen LogP) is 4.41. The summed E-state index contributed by atoms with van der Waals surface area (Å²) >= 11 is 0. The van der Waals surface area contributed by atoms with Crippen molar-refractivity contribution in [2.45, 2.75) is 50.9 Å². The molecule has 1 aromatic heterocycles. The lowest BCUT2D eigenvalue weighted by molar-refractivity contribution is -0.148. The van der Waals surface area contributed by atoms with Gasteiger partial charge in [0.1, 0.15) is 5.82 Å². The van der Waals surface area contributed by atoms with Crippen LogP contribution in [-0.4, -0.2) is 39.8 Å². The van der Waals surface area contributed by atoms with E-state index in [1.54, 1.807) is 24.7 Å².